The first-order chi connectivity index (χ1) is 6.00. The lowest BCUT2D eigenvalue weighted by atomic mass is 10.0. The second-order valence-corrected chi connectivity index (χ2v) is 3.86. The third-order valence-corrected chi connectivity index (χ3v) is 2.07. The SMILES string of the molecule is CC(C)Cc1cc(F)c(F)cc1Cl. The second-order valence-electron chi connectivity index (χ2n) is 3.46. The lowest BCUT2D eigenvalue weighted by molar-refractivity contribution is 0.505. The maximum atomic E-state index is 12.8. The van der Waals surface area contributed by atoms with E-state index in [1.54, 1.807) is 0 Å². The lowest BCUT2D eigenvalue weighted by Gasteiger charge is -2.07. The quantitative estimate of drug-likeness (QED) is 0.643. The average molecular weight is 205 g/mol. The zero-order valence-electron chi connectivity index (χ0n) is 7.57. The Kier molecular flexibility index (Phi) is 3.26. The molecule has 13 heavy (non-hydrogen) atoms. The number of benzene rings is 1. The van der Waals surface area contributed by atoms with Crippen LogP contribution in [0.25, 0.3) is 0 Å². The summed E-state index contributed by atoms with van der Waals surface area (Å²) in [7, 11) is 0. The van der Waals surface area contributed by atoms with Crippen molar-refractivity contribution in [3.8, 4) is 0 Å². The van der Waals surface area contributed by atoms with Gasteiger partial charge in [-0.25, -0.2) is 8.78 Å². The van der Waals surface area contributed by atoms with Crippen LogP contribution in [0.2, 0.25) is 5.02 Å². The zero-order chi connectivity index (χ0) is 10.0. The molecule has 0 atom stereocenters. The number of hydrogen-bond donors (Lipinski definition) is 0. The van der Waals surface area contributed by atoms with Crippen LogP contribution in [0.4, 0.5) is 8.78 Å². The van der Waals surface area contributed by atoms with Crippen LogP contribution in [-0.4, -0.2) is 0 Å². The van der Waals surface area contributed by atoms with Gasteiger partial charge in [0.05, 0.1) is 0 Å². The minimum Gasteiger partial charge on any atom is -0.204 e. The molecule has 0 aliphatic carbocycles. The topological polar surface area (TPSA) is 0 Å². The van der Waals surface area contributed by atoms with Crippen LogP contribution in [0.5, 0.6) is 0 Å². The van der Waals surface area contributed by atoms with Gasteiger partial charge in [-0.3, -0.25) is 0 Å². The van der Waals surface area contributed by atoms with E-state index in [1.807, 2.05) is 13.8 Å². The lowest BCUT2D eigenvalue weighted by Crippen LogP contribution is -1.97. The van der Waals surface area contributed by atoms with Crippen LogP contribution in [0, 0.1) is 17.6 Å². The van der Waals surface area contributed by atoms with Crippen LogP contribution in [-0.2, 0) is 6.42 Å². The third-order valence-electron chi connectivity index (χ3n) is 1.72. The molecule has 0 saturated carbocycles. The molecule has 3 heteroatoms. The first-order valence-electron chi connectivity index (χ1n) is 4.14. The Morgan fingerprint density at radius 3 is 2.31 bits per heavy atom. The Bertz CT molecular complexity index is 308. The largest absolute Gasteiger partial charge is 0.204 e. The van der Waals surface area contributed by atoms with Crippen molar-refractivity contribution >= 4 is 11.6 Å². The Hall–Kier alpha value is -0.630. The van der Waals surface area contributed by atoms with Crippen LogP contribution >= 0.6 is 11.6 Å². The zero-order valence-corrected chi connectivity index (χ0v) is 8.33. The summed E-state index contributed by atoms with van der Waals surface area (Å²) in [5.74, 6) is -1.35. The van der Waals surface area contributed by atoms with E-state index in [0.29, 0.717) is 22.9 Å². The van der Waals surface area contributed by atoms with Crippen molar-refractivity contribution in [3.05, 3.63) is 34.4 Å². The standard InChI is InChI=1S/C10H11ClF2/c1-6(2)3-7-4-9(12)10(13)5-8(7)11/h4-6H,3H2,1-2H3. The summed E-state index contributed by atoms with van der Waals surface area (Å²) in [6.07, 6.45) is 0.663. The van der Waals surface area contributed by atoms with Gasteiger partial charge < -0.3 is 0 Å². The van der Waals surface area contributed by atoms with Gasteiger partial charge in [0, 0.05) is 5.02 Å². The normalized spacial score (nSPS) is 10.9. The Morgan fingerprint density at radius 1 is 1.23 bits per heavy atom. The summed E-state index contributed by atoms with van der Waals surface area (Å²) in [6.45, 7) is 4.00. The van der Waals surface area contributed by atoms with Crippen LogP contribution in [0.3, 0.4) is 0 Å². The molecule has 72 valence electrons. The second kappa shape index (κ2) is 4.05. The molecule has 1 aromatic rings. The van der Waals surface area contributed by atoms with Gasteiger partial charge in [0.25, 0.3) is 0 Å². The molecule has 1 aromatic carbocycles. The van der Waals surface area contributed by atoms with Gasteiger partial charge in [-0.2, -0.15) is 0 Å². The fourth-order valence-corrected chi connectivity index (χ4v) is 1.39. The highest BCUT2D eigenvalue weighted by Crippen LogP contribution is 2.22. The van der Waals surface area contributed by atoms with Crippen LogP contribution in [0.15, 0.2) is 12.1 Å². The van der Waals surface area contributed by atoms with Gasteiger partial charge in [0.2, 0.25) is 0 Å². The van der Waals surface area contributed by atoms with Crippen molar-refractivity contribution in [3.63, 3.8) is 0 Å². The van der Waals surface area contributed by atoms with Crippen molar-refractivity contribution in [1.82, 2.24) is 0 Å². The number of hydrogen-bond acceptors (Lipinski definition) is 0. The number of halogens is 3. The minimum atomic E-state index is -0.891. The third kappa shape index (κ3) is 2.66. The van der Waals surface area contributed by atoms with Gasteiger partial charge in [-0.1, -0.05) is 25.4 Å². The monoisotopic (exact) mass is 204 g/mol. The van der Waals surface area contributed by atoms with Gasteiger partial charge >= 0.3 is 0 Å². The van der Waals surface area contributed by atoms with Gasteiger partial charge in [-0.15, -0.1) is 0 Å². The first kappa shape index (κ1) is 10.5. The highest BCUT2D eigenvalue weighted by atomic mass is 35.5. The van der Waals surface area contributed by atoms with Gasteiger partial charge in [0.1, 0.15) is 0 Å². The predicted molar refractivity (Wildman–Crippen MR) is 49.9 cm³/mol. The van der Waals surface area contributed by atoms with E-state index >= 15 is 0 Å². The van der Waals surface area contributed by atoms with Crippen molar-refractivity contribution in [2.24, 2.45) is 5.92 Å². The Balaban J connectivity index is 3.01. The van der Waals surface area contributed by atoms with Crippen LogP contribution < -0.4 is 0 Å². The van der Waals surface area contributed by atoms with Crippen molar-refractivity contribution in [1.29, 1.82) is 0 Å². The molecule has 0 heterocycles. The molecule has 0 amide bonds. The first-order valence-corrected chi connectivity index (χ1v) is 4.52. The summed E-state index contributed by atoms with van der Waals surface area (Å²) in [4.78, 5) is 0. The molecule has 0 radical (unpaired) electrons. The molecule has 0 spiro atoms. The van der Waals surface area contributed by atoms with Crippen LogP contribution in [0.1, 0.15) is 19.4 Å². The molecule has 0 saturated heterocycles. The summed E-state index contributed by atoms with van der Waals surface area (Å²) < 4.78 is 25.4. The Morgan fingerprint density at radius 2 is 1.77 bits per heavy atom. The fourth-order valence-electron chi connectivity index (χ4n) is 1.16. The maximum absolute atomic E-state index is 12.8. The van der Waals surface area contributed by atoms with E-state index < -0.39 is 11.6 Å². The molecule has 0 N–H and O–H groups in total. The highest BCUT2D eigenvalue weighted by Gasteiger charge is 2.09. The summed E-state index contributed by atoms with van der Waals surface area (Å²) in [6, 6.07) is 2.19. The molecule has 0 aliphatic heterocycles. The predicted octanol–water partition coefficient (Wildman–Crippen LogP) is 3.82. The summed E-state index contributed by atoms with van der Waals surface area (Å²) in [5.41, 5.74) is 0.663. The molecule has 0 nitrogen and oxygen atoms in total. The summed E-state index contributed by atoms with van der Waals surface area (Å²) >= 11 is 5.74. The molecular weight excluding hydrogens is 194 g/mol. The fraction of sp³-hybridized carbons (Fsp3) is 0.400. The minimum absolute atomic E-state index is 0.299. The van der Waals surface area contributed by atoms with E-state index in [4.69, 9.17) is 11.6 Å². The molecule has 0 bridgehead atoms. The molecule has 0 aliphatic rings. The van der Waals surface area contributed by atoms with E-state index in [2.05, 4.69) is 0 Å². The average Bonchev–Trinajstić information content (AvgIpc) is 1.99. The van der Waals surface area contributed by atoms with Crippen molar-refractivity contribution in [2.45, 2.75) is 20.3 Å². The van der Waals surface area contributed by atoms with Gasteiger partial charge in [-0.05, 0) is 30.0 Å². The molecule has 0 fully saturated rings. The van der Waals surface area contributed by atoms with E-state index in [9.17, 15) is 8.78 Å². The van der Waals surface area contributed by atoms with E-state index in [-0.39, 0.29) is 0 Å². The molecular formula is C10H11ClF2. The molecule has 0 unspecified atom stereocenters. The maximum Gasteiger partial charge on any atom is 0.160 e. The number of rotatable bonds is 2. The van der Waals surface area contributed by atoms with Crippen molar-refractivity contribution in [2.75, 3.05) is 0 Å². The van der Waals surface area contributed by atoms with E-state index in [0.717, 1.165) is 12.1 Å². The molecule has 0 aromatic heterocycles. The summed E-state index contributed by atoms with van der Waals surface area (Å²) in [5, 5.41) is 0.299. The van der Waals surface area contributed by atoms with E-state index in [1.165, 1.54) is 0 Å². The Labute approximate surface area is 81.5 Å². The van der Waals surface area contributed by atoms with Gasteiger partial charge in [0.15, 0.2) is 11.6 Å². The highest BCUT2D eigenvalue weighted by molar-refractivity contribution is 6.31. The smallest absolute Gasteiger partial charge is 0.160 e. The van der Waals surface area contributed by atoms with Crippen molar-refractivity contribution < 1.29 is 8.78 Å². The molecule has 1 rings (SSSR count).